The number of benzene rings is 2. The number of aromatic nitrogens is 1. The van der Waals surface area contributed by atoms with Crippen LogP contribution in [0.4, 0.5) is 10.8 Å². The Kier molecular flexibility index (Phi) is 4.75. The van der Waals surface area contributed by atoms with Crippen molar-refractivity contribution in [1.82, 2.24) is 10.4 Å². The fourth-order valence-electron chi connectivity index (χ4n) is 3.23. The Morgan fingerprint density at radius 1 is 1.06 bits per heavy atom. The number of rotatable bonds is 4. The zero-order valence-electron chi connectivity index (χ0n) is 16.1. The van der Waals surface area contributed by atoms with E-state index in [1.165, 1.54) is 16.3 Å². The third-order valence-corrected chi connectivity index (χ3v) is 5.59. The first-order valence-electron chi connectivity index (χ1n) is 9.46. The lowest BCUT2D eigenvalue weighted by Gasteiger charge is -2.27. The van der Waals surface area contributed by atoms with Crippen molar-refractivity contribution in [2.75, 3.05) is 17.1 Å². The molecule has 2 aromatic carbocycles. The number of thiazole rings is 1. The lowest BCUT2D eigenvalue weighted by molar-refractivity contribution is -0.130. The van der Waals surface area contributed by atoms with E-state index in [0.717, 1.165) is 5.56 Å². The van der Waals surface area contributed by atoms with E-state index in [-0.39, 0.29) is 37.4 Å². The molecule has 156 valence electrons. The minimum atomic E-state index is -0.327. The van der Waals surface area contributed by atoms with Crippen molar-refractivity contribution in [2.45, 2.75) is 12.8 Å². The molecule has 0 spiro atoms. The average Bonchev–Trinajstić information content (AvgIpc) is 3.44. The van der Waals surface area contributed by atoms with Gasteiger partial charge in [-0.1, -0.05) is 0 Å². The summed E-state index contributed by atoms with van der Waals surface area (Å²) in [5.74, 6) is 0.618. The molecule has 9 nitrogen and oxygen atoms in total. The van der Waals surface area contributed by atoms with Crippen LogP contribution >= 0.6 is 11.3 Å². The van der Waals surface area contributed by atoms with Crippen LogP contribution in [0.15, 0.2) is 47.8 Å². The molecule has 3 amide bonds. The summed E-state index contributed by atoms with van der Waals surface area (Å²) in [6.07, 6.45) is 0.335. The summed E-state index contributed by atoms with van der Waals surface area (Å²) in [5, 5.41) is 6.28. The predicted molar refractivity (Wildman–Crippen MR) is 113 cm³/mol. The molecule has 0 atom stereocenters. The number of hydrogen-bond donors (Lipinski definition) is 2. The first-order valence-corrected chi connectivity index (χ1v) is 10.3. The van der Waals surface area contributed by atoms with Gasteiger partial charge in [0.1, 0.15) is 0 Å². The van der Waals surface area contributed by atoms with Gasteiger partial charge in [-0.2, -0.15) is 0 Å². The van der Waals surface area contributed by atoms with E-state index in [1.807, 2.05) is 23.6 Å². The second-order valence-corrected chi connectivity index (χ2v) is 7.73. The molecule has 31 heavy (non-hydrogen) atoms. The maximum Gasteiger partial charge on any atom is 0.257 e. The maximum absolute atomic E-state index is 12.6. The Morgan fingerprint density at radius 2 is 1.87 bits per heavy atom. The quantitative estimate of drug-likeness (QED) is 0.651. The summed E-state index contributed by atoms with van der Waals surface area (Å²) in [4.78, 5) is 40.6. The molecule has 3 heterocycles. The second kappa shape index (κ2) is 7.73. The smallest absolute Gasteiger partial charge is 0.257 e. The molecule has 5 rings (SSSR count). The first-order chi connectivity index (χ1) is 15.1. The summed E-state index contributed by atoms with van der Waals surface area (Å²) < 4.78 is 10.7. The SMILES string of the molecule is O=C1CCC(=O)N(c2ccc(C(=O)Nc3nc(-c4ccc5c(c4)OCO5)cs3)cc2)N1. The highest BCUT2D eigenvalue weighted by Crippen LogP contribution is 2.36. The Balaban J connectivity index is 1.27. The van der Waals surface area contributed by atoms with Crippen LogP contribution in [-0.2, 0) is 9.59 Å². The van der Waals surface area contributed by atoms with Crippen molar-refractivity contribution in [3.05, 3.63) is 53.4 Å². The fraction of sp³-hybridized carbons (Fsp3) is 0.143. The second-order valence-electron chi connectivity index (χ2n) is 6.87. The third kappa shape index (κ3) is 3.80. The van der Waals surface area contributed by atoms with Gasteiger partial charge in [0.2, 0.25) is 18.6 Å². The number of nitrogens with zero attached hydrogens (tertiary/aromatic N) is 2. The van der Waals surface area contributed by atoms with Crippen LogP contribution in [0.25, 0.3) is 11.3 Å². The zero-order chi connectivity index (χ0) is 21.4. The summed E-state index contributed by atoms with van der Waals surface area (Å²) in [6, 6.07) is 12.0. The van der Waals surface area contributed by atoms with Crippen LogP contribution in [0, 0.1) is 0 Å². The highest BCUT2D eigenvalue weighted by molar-refractivity contribution is 7.14. The molecule has 0 saturated carbocycles. The van der Waals surface area contributed by atoms with Gasteiger partial charge in [-0.05, 0) is 42.5 Å². The fourth-order valence-corrected chi connectivity index (χ4v) is 3.95. The van der Waals surface area contributed by atoms with E-state index in [9.17, 15) is 14.4 Å². The highest BCUT2D eigenvalue weighted by Gasteiger charge is 2.24. The van der Waals surface area contributed by atoms with Crippen molar-refractivity contribution in [3.8, 4) is 22.8 Å². The topological polar surface area (TPSA) is 110 Å². The van der Waals surface area contributed by atoms with E-state index in [4.69, 9.17) is 9.47 Å². The van der Waals surface area contributed by atoms with Crippen LogP contribution in [0.1, 0.15) is 23.2 Å². The molecule has 0 aliphatic carbocycles. The van der Waals surface area contributed by atoms with Crippen LogP contribution in [0.3, 0.4) is 0 Å². The maximum atomic E-state index is 12.6. The zero-order valence-corrected chi connectivity index (χ0v) is 16.9. The largest absolute Gasteiger partial charge is 0.454 e. The number of hydrazine groups is 1. The van der Waals surface area contributed by atoms with Gasteiger partial charge >= 0.3 is 0 Å². The van der Waals surface area contributed by atoms with Gasteiger partial charge in [0.15, 0.2) is 16.6 Å². The normalized spacial score (nSPS) is 15.0. The van der Waals surface area contributed by atoms with Gasteiger partial charge in [0.05, 0.1) is 11.4 Å². The first kappa shape index (κ1) is 19.1. The van der Waals surface area contributed by atoms with E-state index in [0.29, 0.717) is 33.6 Å². The lowest BCUT2D eigenvalue weighted by atomic mass is 10.1. The minimum absolute atomic E-state index is 0.157. The molecule has 1 fully saturated rings. The molecule has 0 unspecified atom stereocenters. The van der Waals surface area contributed by atoms with Gasteiger partial charge < -0.3 is 9.47 Å². The van der Waals surface area contributed by atoms with E-state index >= 15 is 0 Å². The molecule has 1 aromatic heterocycles. The molecule has 2 N–H and O–H groups in total. The van der Waals surface area contributed by atoms with Crippen LogP contribution in [-0.4, -0.2) is 29.5 Å². The summed E-state index contributed by atoms with van der Waals surface area (Å²) >= 11 is 1.31. The van der Waals surface area contributed by atoms with E-state index in [1.54, 1.807) is 24.3 Å². The number of anilines is 2. The van der Waals surface area contributed by atoms with E-state index in [2.05, 4.69) is 15.7 Å². The monoisotopic (exact) mass is 436 g/mol. The Labute approximate surface area is 180 Å². The third-order valence-electron chi connectivity index (χ3n) is 4.83. The summed E-state index contributed by atoms with van der Waals surface area (Å²) in [7, 11) is 0. The molecule has 10 heteroatoms. The van der Waals surface area contributed by atoms with Gasteiger partial charge in [0, 0.05) is 29.3 Å². The number of ether oxygens (including phenoxy) is 2. The molecular formula is C21H16N4O5S. The lowest BCUT2D eigenvalue weighted by Crippen LogP contribution is -2.50. The minimum Gasteiger partial charge on any atom is -0.454 e. The molecule has 1 saturated heterocycles. The number of carbonyl (C=O) groups excluding carboxylic acids is 3. The summed E-state index contributed by atoms with van der Waals surface area (Å²) in [6.45, 7) is 0.203. The van der Waals surface area contributed by atoms with Crippen LogP contribution in [0.2, 0.25) is 0 Å². The molecule has 0 bridgehead atoms. The van der Waals surface area contributed by atoms with Gasteiger partial charge in [-0.3, -0.25) is 25.1 Å². The number of nitrogens with one attached hydrogen (secondary N) is 2. The van der Waals surface area contributed by atoms with Crippen molar-refractivity contribution in [1.29, 1.82) is 0 Å². The standard InChI is InChI=1S/C21H16N4O5S/c26-18-7-8-19(27)25(24-18)14-4-1-12(2-5-14)20(28)23-21-22-15(10-31-21)13-3-6-16-17(9-13)30-11-29-16/h1-6,9-10H,7-8,11H2,(H,24,26)(H,22,23,28). The van der Waals surface area contributed by atoms with Crippen LogP contribution < -0.4 is 25.2 Å². The van der Waals surface area contributed by atoms with Crippen LogP contribution in [0.5, 0.6) is 11.5 Å². The molecule has 2 aliphatic rings. The van der Waals surface area contributed by atoms with E-state index < -0.39 is 0 Å². The highest BCUT2D eigenvalue weighted by atomic mass is 32.1. The Morgan fingerprint density at radius 3 is 2.71 bits per heavy atom. The number of hydrogen-bond acceptors (Lipinski definition) is 7. The van der Waals surface area contributed by atoms with Crippen molar-refractivity contribution in [2.24, 2.45) is 0 Å². The molecule has 0 radical (unpaired) electrons. The molecule has 3 aromatic rings. The molecular weight excluding hydrogens is 420 g/mol. The Hall–Kier alpha value is -3.92. The summed E-state index contributed by atoms with van der Waals surface area (Å²) in [5.41, 5.74) is 5.00. The number of carbonyl (C=O) groups is 3. The van der Waals surface area contributed by atoms with Crippen molar-refractivity contribution in [3.63, 3.8) is 0 Å². The Bertz CT molecular complexity index is 1190. The molecule has 2 aliphatic heterocycles. The van der Waals surface area contributed by atoms with Gasteiger partial charge in [-0.15, -0.1) is 11.3 Å². The average molecular weight is 436 g/mol. The van der Waals surface area contributed by atoms with Gasteiger partial charge in [-0.25, -0.2) is 9.99 Å². The number of amides is 3. The number of fused-ring (bicyclic) bond motifs is 1. The van der Waals surface area contributed by atoms with Crippen molar-refractivity contribution < 1.29 is 23.9 Å². The van der Waals surface area contributed by atoms with Crippen molar-refractivity contribution >= 4 is 39.9 Å². The van der Waals surface area contributed by atoms with Gasteiger partial charge in [0.25, 0.3) is 5.91 Å². The predicted octanol–water partition coefficient (Wildman–Crippen LogP) is 2.95.